The van der Waals surface area contributed by atoms with Gasteiger partial charge in [0, 0.05) is 16.5 Å². The number of carbonyl (C=O) groups excluding carboxylic acids is 1. The molecule has 0 saturated heterocycles. The second-order valence-corrected chi connectivity index (χ2v) is 8.77. The number of aliphatic hydroxyl groups is 1. The second kappa shape index (κ2) is 7.95. The Hall–Kier alpha value is -4.17. The maximum absolute atomic E-state index is 13.5. The van der Waals surface area contributed by atoms with Crippen LogP contribution in [0.1, 0.15) is 35.6 Å². The molecule has 8 heteroatoms. The molecule has 0 bridgehead atoms. The van der Waals surface area contributed by atoms with Crippen LogP contribution in [0.3, 0.4) is 0 Å². The van der Waals surface area contributed by atoms with Crippen molar-refractivity contribution in [2.24, 2.45) is 10.2 Å². The average molecular weight is 466 g/mol. The first-order valence-electron chi connectivity index (χ1n) is 11.5. The van der Waals surface area contributed by atoms with Crippen LogP contribution in [0.5, 0.6) is 0 Å². The number of aromatic nitrogens is 2. The lowest BCUT2D eigenvalue weighted by atomic mass is 9.86. The lowest BCUT2D eigenvalue weighted by molar-refractivity contribution is -0.172. The van der Waals surface area contributed by atoms with E-state index in [0.717, 1.165) is 27.7 Å². The number of fused-ring (bicyclic) bond motifs is 5. The average Bonchev–Trinajstić information content (AvgIpc) is 3.25. The Balaban J connectivity index is 1.53. The van der Waals surface area contributed by atoms with Crippen molar-refractivity contribution in [3.63, 3.8) is 0 Å². The van der Waals surface area contributed by atoms with E-state index in [0.29, 0.717) is 35.6 Å². The van der Waals surface area contributed by atoms with Crippen LogP contribution >= 0.6 is 0 Å². The van der Waals surface area contributed by atoms with Crippen molar-refractivity contribution in [3.8, 4) is 11.4 Å². The van der Waals surface area contributed by atoms with E-state index in [1.807, 2.05) is 54.6 Å². The fourth-order valence-electron chi connectivity index (χ4n) is 4.98. The van der Waals surface area contributed by atoms with Crippen molar-refractivity contribution in [2.45, 2.75) is 38.6 Å². The van der Waals surface area contributed by atoms with Crippen LogP contribution in [-0.4, -0.2) is 20.6 Å². The number of cyclic esters (lactones) is 1. The molecule has 2 aromatic heterocycles. The van der Waals surface area contributed by atoms with Gasteiger partial charge in [0.1, 0.15) is 6.61 Å². The third-order valence-corrected chi connectivity index (χ3v) is 6.88. The summed E-state index contributed by atoms with van der Waals surface area (Å²) in [5.74, 6) is -0.733. The van der Waals surface area contributed by atoms with E-state index in [1.54, 1.807) is 17.6 Å². The van der Waals surface area contributed by atoms with Crippen molar-refractivity contribution in [1.82, 2.24) is 9.55 Å². The van der Waals surface area contributed by atoms with Crippen molar-refractivity contribution in [1.29, 1.82) is 0 Å². The van der Waals surface area contributed by atoms with Crippen molar-refractivity contribution in [2.75, 3.05) is 0 Å². The highest BCUT2D eigenvalue weighted by Gasteiger charge is 2.45. The van der Waals surface area contributed by atoms with E-state index in [2.05, 4.69) is 10.2 Å². The summed E-state index contributed by atoms with van der Waals surface area (Å²) < 4.78 is 6.81. The Labute approximate surface area is 200 Å². The highest BCUT2D eigenvalue weighted by Crippen LogP contribution is 2.40. The molecule has 2 aliphatic rings. The molecule has 2 aliphatic heterocycles. The normalized spacial score (nSPS) is 18.4. The number of carbonyl (C=O) groups is 1. The summed E-state index contributed by atoms with van der Waals surface area (Å²) in [5, 5.41) is 20.8. The van der Waals surface area contributed by atoms with Gasteiger partial charge in [-0.25, -0.2) is 9.78 Å². The summed E-state index contributed by atoms with van der Waals surface area (Å²) in [6.07, 6.45) is 0.102. The van der Waals surface area contributed by atoms with Gasteiger partial charge in [-0.3, -0.25) is 4.79 Å². The van der Waals surface area contributed by atoms with Gasteiger partial charge in [0.15, 0.2) is 5.60 Å². The molecule has 174 valence electrons. The molecule has 35 heavy (non-hydrogen) atoms. The zero-order valence-electron chi connectivity index (χ0n) is 19.1. The molecule has 8 nitrogen and oxygen atoms in total. The standard InChI is InChI=1S/C27H22N4O4/c1-2-27(34)21-12-23-24-19(14-31(23)25(32)20(21)15-35-26(27)33)18(17-10-6-7-11-22(17)29-24)13-28-30-16-8-4-3-5-9-16/h3-12,34H,2,13-15H2,1H3/t27-/m0/s1. The van der Waals surface area contributed by atoms with E-state index in [4.69, 9.17) is 9.72 Å². The predicted octanol–water partition coefficient (Wildman–Crippen LogP) is 4.36. The molecule has 2 aromatic carbocycles. The highest BCUT2D eigenvalue weighted by molar-refractivity contribution is 5.89. The first-order chi connectivity index (χ1) is 17.0. The Morgan fingerprint density at radius 3 is 2.66 bits per heavy atom. The fourth-order valence-corrected chi connectivity index (χ4v) is 4.98. The van der Waals surface area contributed by atoms with E-state index in [9.17, 15) is 14.7 Å². The number of benzene rings is 2. The number of hydrogen-bond acceptors (Lipinski definition) is 7. The molecule has 1 atom stereocenters. The van der Waals surface area contributed by atoms with Crippen LogP contribution in [0.2, 0.25) is 0 Å². The van der Waals surface area contributed by atoms with E-state index < -0.39 is 11.6 Å². The number of esters is 1. The summed E-state index contributed by atoms with van der Waals surface area (Å²) >= 11 is 0. The lowest BCUT2D eigenvalue weighted by Crippen LogP contribution is -2.44. The molecule has 0 fully saturated rings. The van der Waals surface area contributed by atoms with E-state index >= 15 is 0 Å². The van der Waals surface area contributed by atoms with Crippen molar-refractivity contribution in [3.05, 3.63) is 93.3 Å². The quantitative estimate of drug-likeness (QED) is 0.313. The van der Waals surface area contributed by atoms with Gasteiger partial charge in [-0.15, -0.1) is 0 Å². The third-order valence-electron chi connectivity index (χ3n) is 6.88. The van der Waals surface area contributed by atoms with Gasteiger partial charge in [0.25, 0.3) is 5.56 Å². The van der Waals surface area contributed by atoms with Gasteiger partial charge in [-0.1, -0.05) is 43.3 Å². The van der Waals surface area contributed by atoms with Gasteiger partial charge >= 0.3 is 5.97 Å². The minimum Gasteiger partial charge on any atom is -0.458 e. The zero-order chi connectivity index (χ0) is 24.2. The zero-order valence-corrected chi connectivity index (χ0v) is 19.1. The Kier molecular flexibility index (Phi) is 4.86. The minimum absolute atomic E-state index is 0.102. The molecule has 4 aromatic rings. The van der Waals surface area contributed by atoms with Crippen LogP contribution in [0, 0.1) is 0 Å². The van der Waals surface area contributed by atoms with Gasteiger partial charge in [-0.2, -0.15) is 10.2 Å². The molecular formula is C27H22N4O4. The monoisotopic (exact) mass is 466 g/mol. The second-order valence-electron chi connectivity index (χ2n) is 8.77. The molecule has 0 aliphatic carbocycles. The van der Waals surface area contributed by atoms with Gasteiger partial charge in [-0.05, 0) is 36.2 Å². The number of para-hydroxylation sites is 1. The number of pyridine rings is 2. The smallest absolute Gasteiger partial charge is 0.343 e. The first-order valence-corrected chi connectivity index (χ1v) is 11.5. The first kappa shape index (κ1) is 21.4. The maximum Gasteiger partial charge on any atom is 0.343 e. The van der Waals surface area contributed by atoms with Crippen LogP contribution in [-0.2, 0) is 34.8 Å². The molecular weight excluding hydrogens is 444 g/mol. The number of hydrogen-bond donors (Lipinski definition) is 1. The summed E-state index contributed by atoms with van der Waals surface area (Å²) in [5.41, 5.74) is 3.10. The Bertz CT molecular complexity index is 1590. The van der Waals surface area contributed by atoms with Crippen molar-refractivity contribution >= 4 is 22.6 Å². The largest absolute Gasteiger partial charge is 0.458 e. The van der Waals surface area contributed by atoms with Gasteiger partial charge < -0.3 is 14.4 Å². The number of nitrogens with zero attached hydrogens (tertiary/aromatic N) is 4. The molecule has 0 radical (unpaired) electrons. The molecule has 0 spiro atoms. The topological polar surface area (TPSA) is 106 Å². The van der Waals surface area contributed by atoms with Crippen LogP contribution in [0.25, 0.3) is 22.3 Å². The van der Waals surface area contributed by atoms with E-state index in [-0.39, 0.29) is 18.6 Å². The lowest BCUT2D eigenvalue weighted by Gasteiger charge is -2.31. The summed E-state index contributed by atoms with van der Waals surface area (Å²) in [7, 11) is 0. The molecule has 0 amide bonds. The summed E-state index contributed by atoms with van der Waals surface area (Å²) in [4.78, 5) is 30.8. The number of ether oxygens (including phenoxy) is 1. The van der Waals surface area contributed by atoms with E-state index in [1.165, 1.54) is 0 Å². The number of azo groups is 1. The van der Waals surface area contributed by atoms with Crippen LogP contribution < -0.4 is 5.56 Å². The molecule has 0 saturated carbocycles. The minimum atomic E-state index is -1.85. The van der Waals surface area contributed by atoms with Crippen molar-refractivity contribution < 1.29 is 14.6 Å². The highest BCUT2D eigenvalue weighted by atomic mass is 16.6. The predicted molar refractivity (Wildman–Crippen MR) is 129 cm³/mol. The molecule has 0 unspecified atom stereocenters. The molecule has 1 N–H and O–H groups in total. The van der Waals surface area contributed by atoms with Gasteiger partial charge in [0.2, 0.25) is 0 Å². The molecule has 6 rings (SSSR count). The molecule has 4 heterocycles. The summed E-state index contributed by atoms with van der Waals surface area (Å²) in [6, 6.07) is 19.0. The Morgan fingerprint density at radius 2 is 1.86 bits per heavy atom. The third kappa shape index (κ3) is 3.21. The SMILES string of the molecule is CC[C@@]1(O)C(=O)OCc2c1cc1n(c2=O)Cc2c-1nc1ccccc1c2CN=Nc1ccccc1. The number of rotatable bonds is 4. The fraction of sp³-hybridized carbons (Fsp3) is 0.222. The maximum atomic E-state index is 13.5. The van der Waals surface area contributed by atoms with Gasteiger partial charge in [0.05, 0.1) is 41.2 Å². The summed E-state index contributed by atoms with van der Waals surface area (Å²) in [6.45, 7) is 2.18. The van der Waals surface area contributed by atoms with Crippen LogP contribution in [0.15, 0.2) is 75.7 Å². The Morgan fingerprint density at radius 1 is 1.09 bits per heavy atom. The van der Waals surface area contributed by atoms with Crippen LogP contribution in [0.4, 0.5) is 5.69 Å².